The van der Waals surface area contributed by atoms with E-state index in [9.17, 15) is 0 Å². The third-order valence-corrected chi connectivity index (χ3v) is 2.24. The lowest BCUT2D eigenvalue weighted by atomic mass is 9.91. The highest BCUT2D eigenvalue weighted by molar-refractivity contribution is 6.11. The van der Waals surface area contributed by atoms with E-state index in [2.05, 4.69) is 33.5 Å². The molecule has 1 saturated heterocycles. The van der Waals surface area contributed by atoms with Gasteiger partial charge in [-0.25, -0.2) is 0 Å². The van der Waals surface area contributed by atoms with E-state index < -0.39 is 0 Å². The zero-order chi connectivity index (χ0) is 7.78. The quantitative estimate of drug-likeness (QED) is 0.453. The van der Waals surface area contributed by atoms with Gasteiger partial charge in [-0.05, 0) is 46.1 Å². The van der Waals surface area contributed by atoms with Crippen molar-refractivity contribution in [3.05, 3.63) is 0 Å². The second-order valence-electron chi connectivity index (χ2n) is 4.16. The number of nitrogens with zero attached hydrogens (tertiary/aromatic N) is 1. The van der Waals surface area contributed by atoms with Crippen molar-refractivity contribution in [3.8, 4) is 0 Å². The minimum absolute atomic E-state index is 0.322. The first-order chi connectivity index (χ1) is 4.52. The van der Waals surface area contributed by atoms with E-state index in [1.807, 2.05) is 0 Å². The summed E-state index contributed by atoms with van der Waals surface area (Å²) >= 11 is 0. The van der Waals surface area contributed by atoms with E-state index in [0.29, 0.717) is 11.5 Å². The van der Waals surface area contributed by atoms with E-state index >= 15 is 0 Å². The highest BCUT2D eigenvalue weighted by Crippen LogP contribution is 2.23. The highest BCUT2D eigenvalue weighted by Gasteiger charge is 2.29. The van der Waals surface area contributed by atoms with Crippen molar-refractivity contribution in [3.63, 3.8) is 0 Å². The van der Waals surface area contributed by atoms with Gasteiger partial charge in [-0.1, -0.05) is 0 Å². The van der Waals surface area contributed by atoms with E-state index in [4.69, 9.17) is 0 Å². The minimum atomic E-state index is 0.322. The summed E-state index contributed by atoms with van der Waals surface area (Å²) in [7, 11) is 4.11. The van der Waals surface area contributed by atoms with Crippen LogP contribution in [0.2, 0.25) is 0 Å². The zero-order valence-electron chi connectivity index (χ0n) is 7.35. The lowest BCUT2D eigenvalue weighted by molar-refractivity contribution is 0.157. The molecular weight excluding hydrogens is 121 g/mol. The normalized spacial score (nSPS) is 29.3. The SMILES string of the molecule is [BH]C1CCCN1C(C)(C)C. The first-order valence-corrected chi connectivity index (χ1v) is 4.11. The van der Waals surface area contributed by atoms with Crippen molar-refractivity contribution in [2.24, 2.45) is 0 Å². The molecule has 0 saturated carbocycles. The Hall–Kier alpha value is 0.0249. The van der Waals surface area contributed by atoms with Crippen molar-refractivity contribution < 1.29 is 0 Å². The molecule has 0 aromatic rings. The molecule has 0 bridgehead atoms. The predicted molar refractivity (Wildman–Crippen MR) is 46.6 cm³/mol. The molecule has 57 valence electrons. The van der Waals surface area contributed by atoms with Crippen LogP contribution in [-0.2, 0) is 0 Å². The third-order valence-electron chi connectivity index (χ3n) is 2.24. The molecule has 1 rings (SSSR count). The van der Waals surface area contributed by atoms with E-state index in [1.54, 1.807) is 0 Å². The molecule has 0 aromatic heterocycles. The van der Waals surface area contributed by atoms with Gasteiger partial charge in [0, 0.05) is 5.54 Å². The van der Waals surface area contributed by atoms with Crippen LogP contribution in [0, 0.1) is 0 Å². The van der Waals surface area contributed by atoms with Gasteiger partial charge < -0.3 is 4.90 Å². The molecule has 1 heterocycles. The summed E-state index contributed by atoms with van der Waals surface area (Å²) in [6.45, 7) is 8.02. The van der Waals surface area contributed by atoms with Crippen LogP contribution < -0.4 is 0 Å². The minimum Gasteiger partial charge on any atom is -0.304 e. The second kappa shape index (κ2) is 2.57. The average molecular weight is 138 g/mol. The molecule has 1 radical (unpaired) electrons. The Morgan fingerprint density at radius 1 is 1.40 bits per heavy atom. The number of likely N-dealkylation sites (tertiary alicyclic amines) is 1. The number of hydrogen-bond acceptors (Lipinski definition) is 1. The molecule has 1 aliphatic heterocycles. The van der Waals surface area contributed by atoms with Crippen LogP contribution in [-0.4, -0.2) is 30.8 Å². The van der Waals surface area contributed by atoms with E-state index in [1.165, 1.54) is 19.4 Å². The molecule has 0 N–H and O–H groups in total. The molecule has 0 aromatic carbocycles. The Morgan fingerprint density at radius 3 is 2.20 bits per heavy atom. The molecule has 1 aliphatic rings. The molecule has 2 heteroatoms. The molecular formula is C8H17BN. The first kappa shape index (κ1) is 8.12. The number of rotatable bonds is 0. The molecule has 0 spiro atoms. The second-order valence-corrected chi connectivity index (χ2v) is 4.16. The zero-order valence-corrected chi connectivity index (χ0v) is 7.35. The van der Waals surface area contributed by atoms with Crippen molar-refractivity contribution in [1.29, 1.82) is 0 Å². The smallest absolute Gasteiger partial charge is 0.111 e. The van der Waals surface area contributed by atoms with Gasteiger partial charge in [-0.3, -0.25) is 0 Å². The monoisotopic (exact) mass is 138 g/mol. The molecule has 10 heavy (non-hydrogen) atoms. The van der Waals surface area contributed by atoms with Gasteiger partial charge in [0.05, 0.1) is 0 Å². The third kappa shape index (κ3) is 1.54. The molecule has 1 unspecified atom stereocenters. The predicted octanol–water partition coefficient (Wildman–Crippen LogP) is 1.11. The summed E-state index contributed by atoms with van der Waals surface area (Å²) in [6, 6.07) is 0. The van der Waals surface area contributed by atoms with Crippen molar-refractivity contribution >= 4 is 7.85 Å². The molecule has 0 aliphatic carbocycles. The summed E-state index contributed by atoms with van der Waals surface area (Å²) < 4.78 is 0. The van der Waals surface area contributed by atoms with Crippen molar-refractivity contribution in [1.82, 2.24) is 4.90 Å². The van der Waals surface area contributed by atoms with Gasteiger partial charge >= 0.3 is 0 Å². The lowest BCUT2D eigenvalue weighted by Gasteiger charge is -2.35. The average Bonchev–Trinajstić information content (AvgIpc) is 2.11. The fraction of sp³-hybridized carbons (Fsp3) is 1.00. The summed E-state index contributed by atoms with van der Waals surface area (Å²) in [4.78, 5) is 2.48. The van der Waals surface area contributed by atoms with Gasteiger partial charge in [0.2, 0.25) is 0 Å². The maximum absolute atomic E-state index is 4.11. The lowest BCUT2D eigenvalue weighted by Crippen LogP contribution is -2.44. The van der Waals surface area contributed by atoms with E-state index in [-0.39, 0.29) is 0 Å². The standard InChI is InChI=1S/C8H17BN/c1-8(2,3)10-6-4-5-7(10)9/h7,9H,4-6H2,1-3H3. The summed E-state index contributed by atoms with van der Waals surface area (Å²) in [5.74, 6) is 0.556. The summed E-state index contributed by atoms with van der Waals surface area (Å²) in [6.07, 6.45) is 2.60. The summed E-state index contributed by atoms with van der Waals surface area (Å²) in [5, 5.41) is 0. The topological polar surface area (TPSA) is 3.24 Å². The van der Waals surface area contributed by atoms with Crippen LogP contribution in [0.5, 0.6) is 0 Å². The van der Waals surface area contributed by atoms with Crippen LogP contribution >= 0.6 is 0 Å². The fourth-order valence-electron chi connectivity index (χ4n) is 1.72. The maximum atomic E-state index is 4.11. The van der Waals surface area contributed by atoms with Crippen LogP contribution in [0.25, 0.3) is 0 Å². The van der Waals surface area contributed by atoms with Crippen molar-refractivity contribution in [2.75, 3.05) is 6.54 Å². The molecule has 1 nitrogen and oxygen atoms in total. The molecule has 1 fully saturated rings. The highest BCUT2D eigenvalue weighted by atomic mass is 15.2. The Bertz CT molecular complexity index is 117. The Morgan fingerprint density at radius 2 is 2.00 bits per heavy atom. The van der Waals surface area contributed by atoms with Crippen LogP contribution in [0.15, 0.2) is 0 Å². The summed E-state index contributed by atoms with van der Waals surface area (Å²) in [5.41, 5.74) is 0.322. The fourth-order valence-corrected chi connectivity index (χ4v) is 1.72. The van der Waals surface area contributed by atoms with E-state index in [0.717, 1.165) is 0 Å². The Labute approximate surface area is 65.2 Å². The van der Waals surface area contributed by atoms with Crippen molar-refractivity contribution in [2.45, 2.75) is 45.1 Å². The largest absolute Gasteiger partial charge is 0.304 e. The van der Waals surface area contributed by atoms with Crippen LogP contribution in [0.1, 0.15) is 33.6 Å². The van der Waals surface area contributed by atoms with Crippen LogP contribution in [0.4, 0.5) is 0 Å². The molecule has 0 amide bonds. The first-order valence-electron chi connectivity index (χ1n) is 4.11. The molecule has 1 atom stereocenters. The Kier molecular flexibility index (Phi) is 2.09. The Balaban J connectivity index is 2.55. The van der Waals surface area contributed by atoms with Crippen LogP contribution in [0.3, 0.4) is 0 Å². The van der Waals surface area contributed by atoms with Gasteiger partial charge in [-0.15, -0.1) is 0 Å². The van der Waals surface area contributed by atoms with Gasteiger partial charge in [0.25, 0.3) is 0 Å². The van der Waals surface area contributed by atoms with Gasteiger partial charge in [-0.2, -0.15) is 0 Å². The maximum Gasteiger partial charge on any atom is 0.111 e. The van der Waals surface area contributed by atoms with Gasteiger partial charge in [0.15, 0.2) is 0 Å². The van der Waals surface area contributed by atoms with Gasteiger partial charge in [0.1, 0.15) is 7.85 Å². The number of hydrogen-bond donors (Lipinski definition) is 0.